The first kappa shape index (κ1) is 12.8. The van der Waals surface area contributed by atoms with E-state index in [2.05, 4.69) is 0 Å². The van der Waals surface area contributed by atoms with E-state index in [4.69, 9.17) is 4.74 Å². The van der Waals surface area contributed by atoms with Gasteiger partial charge in [-0.05, 0) is 12.8 Å². The molecular formula is C11H20N2O3. The molecule has 16 heavy (non-hydrogen) atoms. The van der Waals surface area contributed by atoms with Crippen LogP contribution in [0.4, 0.5) is 4.79 Å². The molecule has 1 fully saturated rings. The molecule has 5 heteroatoms. The third kappa shape index (κ3) is 3.40. The van der Waals surface area contributed by atoms with Crippen molar-refractivity contribution in [3.8, 4) is 0 Å². The minimum atomic E-state index is -0.374. The standard InChI is InChI=1S/C11H20N2O3/c1-3-5-12(6-4-2)10(14)9-13-7-8-16-11(13)15/h3-9H2,1-2H3. The Hall–Kier alpha value is -1.26. The molecule has 0 spiro atoms. The summed E-state index contributed by atoms with van der Waals surface area (Å²) in [5.41, 5.74) is 0. The molecule has 0 radical (unpaired) electrons. The minimum Gasteiger partial charge on any atom is -0.448 e. The summed E-state index contributed by atoms with van der Waals surface area (Å²) in [6.07, 6.45) is 1.51. The van der Waals surface area contributed by atoms with Crippen molar-refractivity contribution < 1.29 is 14.3 Å². The number of rotatable bonds is 6. The van der Waals surface area contributed by atoms with Crippen LogP contribution in [-0.4, -0.2) is 54.6 Å². The Balaban J connectivity index is 2.44. The third-order valence-corrected chi connectivity index (χ3v) is 2.51. The summed E-state index contributed by atoms with van der Waals surface area (Å²) in [6.45, 7) is 6.68. The third-order valence-electron chi connectivity index (χ3n) is 2.51. The van der Waals surface area contributed by atoms with E-state index in [1.807, 2.05) is 18.7 Å². The molecule has 0 N–H and O–H groups in total. The smallest absolute Gasteiger partial charge is 0.410 e. The topological polar surface area (TPSA) is 49.9 Å². The molecule has 0 atom stereocenters. The number of hydrogen-bond donors (Lipinski definition) is 0. The van der Waals surface area contributed by atoms with Gasteiger partial charge in [-0.3, -0.25) is 9.69 Å². The zero-order valence-corrected chi connectivity index (χ0v) is 10.1. The van der Waals surface area contributed by atoms with Gasteiger partial charge < -0.3 is 9.64 Å². The summed E-state index contributed by atoms with van der Waals surface area (Å²) in [6, 6.07) is 0. The Morgan fingerprint density at radius 1 is 1.38 bits per heavy atom. The second-order valence-corrected chi connectivity index (χ2v) is 3.92. The van der Waals surface area contributed by atoms with E-state index in [1.54, 1.807) is 0 Å². The van der Waals surface area contributed by atoms with Gasteiger partial charge in [0.1, 0.15) is 13.2 Å². The van der Waals surface area contributed by atoms with Gasteiger partial charge in [0.15, 0.2) is 0 Å². The normalized spacial score (nSPS) is 15.1. The first-order valence-electron chi connectivity index (χ1n) is 5.88. The fourth-order valence-electron chi connectivity index (χ4n) is 1.73. The van der Waals surface area contributed by atoms with Crippen molar-refractivity contribution in [2.75, 3.05) is 32.8 Å². The number of nitrogens with zero attached hydrogens (tertiary/aromatic N) is 2. The zero-order valence-electron chi connectivity index (χ0n) is 10.1. The van der Waals surface area contributed by atoms with Crippen molar-refractivity contribution in [2.45, 2.75) is 26.7 Å². The lowest BCUT2D eigenvalue weighted by atomic mass is 10.3. The highest BCUT2D eigenvalue weighted by Crippen LogP contribution is 2.04. The zero-order chi connectivity index (χ0) is 12.0. The fraction of sp³-hybridized carbons (Fsp3) is 0.818. The molecule has 1 aliphatic heterocycles. The van der Waals surface area contributed by atoms with Crippen LogP contribution in [0.1, 0.15) is 26.7 Å². The first-order valence-corrected chi connectivity index (χ1v) is 5.88. The van der Waals surface area contributed by atoms with Gasteiger partial charge in [-0.1, -0.05) is 13.8 Å². The van der Waals surface area contributed by atoms with Crippen molar-refractivity contribution in [3.63, 3.8) is 0 Å². The summed E-state index contributed by atoms with van der Waals surface area (Å²) < 4.78 is 4.78. The van der Waals surface area contributed by atoms with Gasteiger partial charge in [0.2, 0.25) is 5.91 Å². The lowest BCUT2D eigenvalue weighted by Crippen LogP contribution is -2.41. The van der Waals surface area contributed by atoms with Crippen molar-refractivity contribution in [2.24, 2.45) is 0 Å². The maximum absolute atomic E-state index is 11.9. The molecule has 1 heterocycles. The molecule has 0 bridgehead atoms. The largest absolute Gasteiger partial charge is 0.448 e. The van der Waals surface area contributed by atoms with Crippen LogP contribution in [0.2, 0.25) is 0 Å². The van der Waals surface area contributed by atoms with E-state index >= 15 is 0 Å². The second-order valence-electron chi connectivity index (χ2n) is 3.92. The van der Waals surface area contributed by atoms with Crippen LogP contribution in [0.15, 0.2) is 0 Å². The van der Waals surface area contributed by atoms with Gasteiger partial charge in [-0.15, -0.1) is 0 Å². The Morgan fingerprint density at radius 2 is 2.00 bits per heavy atom. The Kier molecular flexibility index (Phi) is 5.08. The Morgan fingerprint density at radius 3 is 2.44 bits per heavy atom. The van der Waals surface area contributed by atoms with Gasteiger partial charge in [-0.2, -0.15) is 0 Å². The molecule has 92 valence electrons. The molecule has 1 aliphatic rings. The fourth-order valence-corrected chi connectivity index (χ4v) is 1.73. The van der Waals surface area contributed by atoms with E-state index in [1.165, 1.54) is 4.90 Å². The monoisotopic (exact) mass is 228 g/mol. The van der Waals surface area contributed by atoms with Gasteiger partial charge in [0.25, 0.3) is 0 Å². The first-order chi connectivity index (χ1) is 7.69. The van der Waals surface area contributed by atoms with E-state index < -0.39 is 0 Å². The quantitative estimate of drug-likeness (QED) is 0.683. The maximum atomic E-state index is 11.9. The average molecular weight is 228 g/mol. The summed E-state index contributed by atoms with van der Waals surface area (Å²) in [5, 5.41) is 0. The number of carbonyl (C=O) groups excluding carboxylic acids is 2. The van der Waals surface area contributed by atoms with E-state index in [0.29, 0.717) is 13.2 Å². The van der Waals surface area contributed by atoms with Crippen LogP contribution >= 0.6 is 0 Å². The Labute approximate surface area is 96.3 Å². The van der Waals surface area contributed by atoms with Crippen LogP contribution in [-0.2, 0) is 9.53 Å². The highest BCUT2D eigenvalue weighted by molar-refractivity contribution is 5.82. The highest BCUT2D eigenvalue weighted by Gasteiger charge is 2.25. The lowest BCUT2D eigenvalue weighted by Gasteiger charge is -2.23. The Bertz CT molecular complexity index is 250. The van der Waals surface area contributed by atoms with Crippen LogP contribution in [0.5, 0.6) is 0 Å². The lowest BCUT2D eigenvalue weighted by molar-refractivity contribution is -0.131. The summed E-state index contributed by atoms with van der Waals surface area (Å²) in [7, 11) is 0. The summed E-state index contributed by atoms with van der Waals surface area (Å²) in [4.78, 5) is 26.4. The SMILES string of the molecule is CCCN(CCC)C(=O)CN1CCOC1=O. The number of carbonyl (C=O) groups is 2. The van der Waals surface area contributed by atoms with E-state index in [0.717, 1.165) is 25.9 Å². The summed E-state index contributed by atoms with van der Waals surface area (Å²) in [5.74, 6) is 0.0163. The molecule has 0 aromatic carbocycles. The molecule has 1 saturated heterocycles. The predicted molar refractivity (Wildman–Crippen MR) is 60.1 cm³/mol. The van der Waals surface area contributed by atoms with E-state index in [9.17, 15) is 9.59 Å². The van der Waals surface area contributed by atoms with Crippen LogP contribution in [0, 0.1) is 0 Å². The van der Waals surface area contributed by atoms with Crippen LogP contribution in [0.3, 0.4) is 0 Å². The van der Waals surface area contributed by atoms with Gasteiger partial charge >= 0.3 is 6.09 Å². The van der Waals surface area contributed by atoms with Crippen molar-refractivity contribution in [1.29, 1.82) is 0 Å². The molecule has 0 aromatic heterocycles. The molecule has 0 aliphatic carbocycles. The van der Waals surface area contributed by atoms with Crippen molar-refractivity contribution in [3.05, 3.63) is 0 Å². The molecule has 0 unspecified atom stereocenters. The molecule has 5 nitrogen and oxygen atoms in total. The highest BCUT2D eigenvalue weighted by atomic mass is 16.6. The van der Waals surface area contributed by atoms with Crippen LogP contribution < -0.4 is 0 Å². The minimum absolute atomic E-state index is 0.0163. The van der Waals surface area contributed by atoms with Crippen molar-refractivity contribution >= 4 is 12.0 Å². The average Bonchev–Trinajstić information content (AvgIpc) is 2.64. The second kappa shape index (κ2) is 6.35. The molecule has 0 saturated carbocycles. The molecule has 1 rings (SSSR count). The van der Waals surface area contributed by atoms with Gasteiger partial charge in [-0.25, -0.2) is 4.79 Å². The molecule has 2 amide bonds. The maximum Gasteiger partial charge on any atom is 0.410 e. The van der Waals surface area contributed by atoms with Gasteiger partial charge in [0.05, 0.1) is 6.54 Å². The number of ether oxygens (including phenoxy) is 1. The van der Waals surface area contributed by atoms with Crippen molar-refractivity contribution in [1.82, 2.24) is 9.80 Å². The number of cyclic esters (lactones) is 1. The summed E-state index contributed by atoms with van der Waals surface area (Å²) >= 11 is 0. The van der Waals surface area contributed by atoms with Gasteiger partial charge in [0, 0.05) is 13.1 Å². The van der Waals surface area contributed by atoms with E-state index in [-0.39, 0.29) is 18.5 Å². The van der Waals surface area contributed by atoms with Crippen LogP contribution in [0.25, 0.3) is 0 Å². The number of hydrogen-bond acceptors (Lipinski definition) is 3. The number of amides is 2. The predicted octanol–water partition coefficient (Wildman–Crippen LogP) is 1.09. The molecular weight excluding hydrogens is 208 g/mol. The molecule has 0 aromatic rings.